The molecule has 0 bridgehead atoms. The highest BCUT2D eigenvalue weighted by Gasteiger charge is 2.11. The van der Waals surface area contributed by atoms with E-state index in [1.165, 1.54) is 0 Å². The maximum atomic E-state index is 11.0. The molecule has 0 rings (SSSR count). The highest BCUT2D eigenvalue weighted by Crippen LogP contribution is 2.16. The highest BCUT2D eigenvalue weighted by atomic mass is 16.1. The van der Waals surface area contributed by atoms with Crippen LogP contribution in [0.1, 0.15) is 53.4 Å². The van der Waals surface area contributed by atoms with Crippen molar-refractivity contribution in [3.63, 3.8) is 0 Å². The number of amides is 1. The Morgan fingerprint density at radius 2 is 2.00 bits per heavy atom. The van der Waals surface area contributed by atoms with E-state index >= 15 is 0 Å². The van der Waals surface area contributed by atoms with Crippen molar-refractivity contribution in [2.45, 2.75) is 53.4 Å². The van der Waals surface area contributed by atoms with Crippen molar-refractivity contribution in [2.75, 3.05) is 0 Å². The molecule has 1 atom stereocenters. The van der Waals surface area contributed by atoms with E-state index < -0.39 is 0 Å². The smallest absolute Gasteiger partial charge is 0.220 e. The summed E-state index contributed by atoms with van der Waals surface area (Å²) in [5, 5.41) is 0. The molecule has 15 heavy (non-hydrogen) atoms. The molecule has 0 aromatic carbocycles. The van der Waals surface area contributed by atoms with Crippen LogP contribution >= 0.6 is 0 Å². The van der Waals surface area contributed by atoms with E-state index in [2.05, 4.69) is 32.9 Å². The topological polar surface area (TPSA) is 43.1 Å². The Bertz CT molecular complexity index is 213. The van der Waals surface area contributed by atoms with Gasteiger partial charge in [-0.05, 0) is 31.1 Å². The summed E-state index contributed by atoms with van der Waals surface area (Å²) in [4.78, 5) is 11.0. The first-order valence-electron chi connectivity index (χ1n) is 5.84. The van der Waals surface area contributed by atoms with Gasteiger partial charge in [0.05, 0.1) is 0 Å². The van der Waals surface area contributed by atoms with Crippen LogP contribution in [0.4, 0.5) is 0 Å². The summed E-state index contributed by atoms with van der Waals surface area (Å²) in [7, 11) is 0. The maximum absolute atomic E-state index is 11.0. The van der Waals surface area contributed by atoms with E-state index in [-0.39, 0.29) is 17.2 Å². The molecule has 0 aromatic rings. The lowest BCUT2D eigenvalue weighted by Gasteiger charge is -2.12. The normalized spacial score (nSPS) is 14.4. The maximum Gasteiger partial charge on any atom is 0.220 e. The van der Waals surface area contributed by atoms with Gasteiger partial charge in [0, 0.05) is 5.92 Å². The summed E-state index contributed by atoms with van der Waals surface area (Å²) >= 11 is 0. The van der Waals surface area contributed by atoms with E-state index in [9.17, 15) is 4.79 Å². The van der Waals surface area contributed by atoms with Crippen LogP contribution in [0.25, 0.3) is 0 Å². The summed E-state index contributed by atoms with van der Waals surface area (Å²) < 4.78 is 0. The average molecular weight is 211 g/mol. The van der Waals surface area contributed by atoms with Crippen molar-refractivity contribution in [2.24, 2.45) is 17.1 Å². The summed E-state index contributed by atoms with van der Waals surface area (Å²) in [6.07, 6.45) is 8.29. The molecule has 1 unspecified atom stereocenters. The number of nitrogens with two attached hydrogens (primary N) is 1. The van der Waals surface area contributed by atoms with Crippen LogP contribution in [0.5, 0.6) is 0 Å². The first kappa shape index (κ1) is 14.2. The fourth-order valence-corrected chi connectivity index (χ4v) is 1.47. The molecule has 0 aliphatic rings. The van der Waals surface area contributed by atoms with E-state index in [1.54, 1.807) is 0 Å². The summed E-state index contributed by atoms with van der Waals surface area (Å²) in [6, 6.07) is 0. The molecule has 0 fully saturated rings. The van der Waals surface area contributed by atoms with Crippen molar-refractivity contribution in [1.29, 1.82) is 0 Å². The zero-order valence-corrected chi connectivity index (χ0v) is 10.5. The Labute approximate surface area is 93.9 Å². The van der Waals surface area contributed by atoms with E-state index in [0.717, 1.165) is 25.7 Å². The fraction of sp³-hybridized carbons (Fsp3) is 0.769. The second kappa shape index (κ2) is 6.65. The lowest BCUT2D eigenvalue weighted by Crippen LogP contribution is -2.22. The number of rotatable bonds is 6. The van der Waals surface area contributed by atoms with Crippen LogP contribution in [0.3, 0.4) is 0 Å². The van der Waals surface area contributed by atoms with Crippen molar-refractivity contribution in [3.8, 4) is 0 Å². The molecule has 0 aliphatic heterocycles. The SMILES string of the molecule is CCC(CCC/C=C/C(C)(C)C)C(N)=O. The quantitative estimate of drug-likeness (QED) is 0.532. The number of carbonyl (C=O) groups excluding carboxylic acids is 1. The predicted molar refractivity (Wildman–Crippen MR) is 65.4 cm³/mol. The Hall–Kier alpha value is -0.790. The molecule has 1 amide bonds. The second-order valence-electron chi connectivity index (χ2n) is 5.21. The van der Waals surface area contributed by atoms with Gasteiger partial charge < -0.3 is 5.73 Å². The molecule has 0 aromatic heterocycles. The Kier molecular flexibility index (Phi) is 6.30. The largest absolute Gasteiger partial charge is 0.369 e. The third-order valence-corrected chi connectivity index (χ3v) is 2.44. The van der Waals surface area contributed by atoms with Gasteiger partial charge in [0.2, 0.25) is 5.91 Å². The van der Waals surface area contributed by atoms with Crippen molar-refractivity contribution >= 4 is 5.91 Å². The van der Waals surface area contributed by atoms with Crippen LogP contribution in [-0.4, -0.2) is 5.91 Å². The molecule has 0 heterocycles. The van der Waals surface area contributed by atoms with Gasteiger partial charge in [-0.25, -0.2) is 0 Å². The van der Waals surface area contributed by atoms with Gasteiger partial charge in [0.15, 0.2) is 0 Å². The first-order valence-corrected chi connectivity index (χ1v) is 5.84. The molecule has 2 nitrogen and oxygen atoms in total. The fourth-order valence-electron chi connectivity index (χ4n) is 1.47. The number of hydrogen-bond donors (Lipinski definition) is 1. The molecule has 88 valence electrons. The summed E-state index contributed by atoms with van der Waals surface area (Å²) in [6.45, 7) is 8.56. The highest BCUT2D eigenvalue weighted by molar-refractivity contribution is 5.76. The molecule has 0 spiro atoms. The molecule has 0 saturated heterocycles. The van der Waals surface area contributed by atoms with Crippen LogP contribution < -0.4 is 5.73 Å². The monoisotopic (exact) mass is 211 g/mol. The zero-order chi connectivity index (χ0) is 11.9. The van der Waals surface area contributed by atoms with Crippen LogP contribution in [0, 0.1) is 11.3 Å². The molecule has 2 N–H and O–H groups in total. The van der Waals surface area contributed by atoms with Gasteiger partial charge in [-0.3, -0.25) is 4.79 Å². The molecule has 0 radical (unpaired) electrons. The summed E-state index contributed by atoms with van der Waals surface area (Å²) in [5.41, 5.74) is 5.53. The number of primary amides is 1. The van der Waals surface area contributed by atoms with Crippen molar-refractivity contribution in [3.05, 3.63) is 12.2 Å². The van der Waals surface area contributed by atoms with Gasteiger partial charge in [0.25, 0.3) is 0 Å². The van der Waals surface area contributed by atoms with E-state index in [4.69, 9.17) is 5.73 Å². The lowest BCUT2D eigenvalue weighted by molar-refractivity contribution is -0.122. The van der Waals surface area contributed by atoms with Crippen molar-refractivity contribution in [1.82, 2.24) is 0 Å². The van der Waals surface area contributed by atoms with Gasteiger partial charge in [-0.15, -0.1) is 0 Å². The minimum absolute atomic E-state index is 0.0630. The van der Waals surface area contributed by atoms with Gasteiger partial charge in [0.1, 0.15) is 0 Å². The molecule has 0 saturated carbocycles. The van der Waals surface area contributed by atoms with E-state index in [1.807, 2.05) is 6.92 Å². The van der Waals surface area contributed by atoms with Gasteiger partial charge >= 0.3 is 0 Å². The Morgan fingerprint density at radius 3 is 2.40 bits per heavy atom. The number of unbranched alkanes of at least 4 members (excludes halogenated alkanes) is 1. The standard InChI is InChI=1S/C13H25NO/c1-5-11(12(14)15)9-7-6-8-10-13(2,3)4/h8,10-11H,5-7,9H2,1-4H3,(H2,14,15)/b10-8+. The Morgan fingerprint density at radius 1 is 1.40 bits per heavy atom. The molecular weight excluding hydrogens is 186 g/mol. The number of hydrogen-bond acceptors (Lipinski definition) is 1. The van der Waals surface area contributed by atoms with Crippen molar-refractivity contribution < 1.29 is 4.79 Å². The van der Waals surface area contributed by atoms with Gasteiger partial charge in [-0.1, -0.05) is 39.8 Å². The van der Waals surface area contributed by atoms with E-state index in [0.29, 0.717) is 0 Å². The third-order valence-electron chi connectivity index (χ3n) is 2.44. The Balaban J connectivity index is 3.71. The minimum Gasteiger partial charge on any atom is -0.369 e. The molecule has 2 heteroatoms. The van der Waals surface area contributed by atoms with Crippen LogP contribution in [-0.2, 0) is 4.79 Å². The lowest BCUT2D eigenvalue weighted by atomic mass is 9.94. The number of allylic oxidation sites excluding steroid dienone is 2. The first-order chi connectivity index (χ1) is 6.87. The zero-order valence-electron chi connectivity index (χ0n) is 10.5. The second-order valence-corrected chi connectivity index (χ2v) is 5.21. The van der Waals surface area contributed by atoms with Gasteiger partial charge in [-0.2, -0.15) is 0 Å². The number of carbonyl (C=O) groups is 1. The molecule has 0 aliphatic carbocycles. The van der Waals surface area contributed by atoms with Crippen LogP contribution in [0.2, 0.25) is 0 Å². The van der Waals surface area contributed by atoms with Crippen LogP contribution in [0.15, 0.2) is 12.2 Å². The minimum atomic E-state index is -0.155. The third kappa shape index (κ3) is 8.22. The summed E-state index contributed by atoms with van der Waals surface area (Å²) in [5.74, 6) is -0.0923. The molecular formula is C13H25NO. The predicted octanol–water partition coefficient (Wildman–Crippen LogP) is 3.27. The average Bonchev–Trinajstić information content (AvgIpc) is 2.08.